The minimum atomic E-state index is -4.63. The molecule has 1 fully saturated rings. The summed E-state index contributed by atoms with van der Waals surface area (Å²) in [5.41, 5.74) is 0.647. The molecule has 2 amide bonds. The maximum atomic E-state index is 13.2. The van der Waals surface area contributed by atoms with E-state index in [0.717, 1.165) is 17.2 Å². The standard InChI is InChI=1S/C22H23ClF3N3O2/c1-15-5-7-16(8-6-15)13-20(31)29-11-9-28(10-12-29)14-19(30)27-21-17(22(24,25)26)3-2-4-18(21)23/h2-8H,9-14H2,1H3,(H,27,30). The van der Waals surface area contributed by atoms with Gasteiger partial charge in [0.1, 0.15) is 0 Å². The highest BCUT2D eigenvalue weighted by Crippen LogP contribution is 2.38. The Bertz CT molecular complexity index is 940. The molecule has 0 radical (unpaired) electrons. The van der Waals surface area contributed by atoms with Crippen LogP contribution < -0.4 is 5.32 Å². The lowest BCUT2D eigenvalue weighted by Gasteiger charge is -2.34. The number of anilines is 1. The first-order chi connectivity index (χ1) is 14.6. The smallest absolute Gasteiger partial charge is 0.340 e. The number of para-hydroxylation sites is 1. The molecule has 5 nitrogen and oxygen atoms in total. The summed E-state index contributed by atoms with van der Waals surface area (Å²) in [5, 5.41) is 2.12. The summed E-state index contributed by atoms with van der Waals surface area (Å²) in [4.78, 5) is 28.4. The van der Waals surface area contributed by atoms with Crippen LogP contribution in [-0.2, 0) is 22.2 Å². The summed E-state index contributed by atoms with van der Waals surface area (Å²) in [6.45, 7) is 3.73. The Morgan fingerprint density at radius 2 is 1.68 bits per heavy atom. The first-order valence-corrected chi connectivity index (χ1v) is 10.2. The van der Waals surface area contributed by atoms with E-state index in [-0.39, 0.29) is 17.5 Å². The molecule has 0 aromatic heterocycles. The van der Waals surface area contributed by atoms with Crippen molar-refractivity contribution in [2.24, 2.45) is 0 Å². The molecule has 1 aliphatic rings. The van der Waals surface area contributed by atoms with E-state index in [9.17, 15) is 22.8 Å². The van der Waals surface area contributed by atoms with Crippen LogP contribution in [0.3, 0.4) is 0 Å². The molecule has 1 aliphatic heterocycles. The fraction of sp³-hybridized carbons (Fsp3) is 0.364. The van der Waals surface area contributed by atoms with Crippen LogP contribution in [0, 0.1) is 6.92 Å². The molecule has 0 unspecified atom stereocenters. The maximum Gasteiger partial charge on any atom is 0.418 e. The summed E-state index contributed by atoms with van der Waals surface area (Å²) in [6.07, 6.45) is -4.32. The SMILES string of the molecule is Cc1ccc(CC(=O)N2CCN(CC(=O)Nc3c(Cl)cccc3C(F)(F)F)CC2)cc1. The molecule has 0 aliphatic carbocycles. The number of carbonyl (C=O) groups is 2. The van der Waals surface area contributed by atoms with Crippen molar-refractivity contribution in [3.63, 3.8) is 0 Å². The van der Waals surface area contributed by atoms with Gasteiger partial charge in [-0.3, -0.25) is 14.5 Å². The molecule has 166 valence electrons. The number of rotatable bonds is 5. The lowest BCUT2D eigenvalue weighted by atomic mass is 10.1. The third-order valence-corrected chi connectivity index (χ3v) is 5.47. The van der Waals surface area contributed by atoms with E-state index in [4.69, 9.17) is 11.6 Å². The molecule has 0 saturated carbocycles. The van der Waals surface area contributed by atoms with E-state index >= 15 is 0 Å². The van der Waals surface area contributed by atoms with Gasteiger partial charge >= 0.3 is 6.18 Å². The Hall–Kier alpha value is -2.58. The average molecular weight is 454 g/mol. The number of hydrogen-bond donors (Lipinski definition) is 1. The average Bonchev–Trinajstić information content (AvgIpc) is 2.71. The number of nitrogens with one attached hydrogen (secondary N) is 1. The normalized spacial score (nSPS) is 15.1. The van der Waals surface area contributed by atoms with Crippen molar-refractivity contribution < 1.29 is 22.8 Å². The van der Waals surface area contributed by atoms with Crippen LogP contribution in [-0.4, -0.2) is 54.3 Å². The topological polar surface area (TPSA) is 52.7 Å². The number of nitrogens with zero attached hydrogens (tertiary/aromatic N) is 2. The van der Waals surface area contributed by atoms with Gasteiger partial charge in [0.05, 0.1) is 29.2 Å². The molecule has 3 rings (SSSR count). The lowest BCUT2D eigenvalue weighted by molar-refractivity contribution is -0.137. The number of halogens is 4. The van der Waals surface area contributed by atoms with Gasteiger partial charge < -0.3 is 10.2 Å². The highest BCUT2D eigenvalue weighted by atomic mass is 35.5. The van der Waals surface area contributed by atoms with Gasteiger partial charge in [-0.1, -0.05) is 47.5 Å². The zero-order valence-corrected chi connectivity index (χ0v) is 17.8. The van der Waals surface area contributed by atoms with Gasteiger partial charge in [-0.05, 0) is 24.6 Å². The van der Waals surface area contributed by atoms with Crippen molar-refractivity contribution in [2.45, 2.75) is 19.5 Å². The van der Waals surface area contributed by atoms with Gasteiger partial charge in [-0.25, -0.2) is 0 Å². The van der Waals surface area contributed by atoms with Gasteiger partial charge in [-0.15, -0.1) is 0 Å². The Balaban J connectivity index is 1.52. The summed E-state index contributed by atoms with van der Waals surface area (Å²) >= 11 is 5.88. The fourth-order valence-electron chi connectivity index (χ4n) is 3.42. The van der Waals surface area contributed by atoms with E-state index in [1.165, 1.54) is 12.1 Å². The molecule has 1 N–H and O–H groups in total. The Morgan fingerprint density at radius 3 is 2.29 bits per heavy atom. The quantitative estimate of drug-likeness (QED) is 0.744. The summed E-state index contributed by atoms with van der Waals surface area (Å²) < 4.78 is 39.5. The third kappa shape index (κ3) is 6.21. The Morgan fingerprint density at radius 1 is 1.03 bits per heavy atom. The maximum absolute atomic E-state index is 13.2. The van der Waals surface area contributed by atoms with E-state index in [1.54, 1.807) is 9.80 Å². The van der Waals surface area contributed by atoms with E-state index in [2.05, 4.69) is 5.32 Å². The second-order valence-corrected chi connectivity index (χ2v) is 7.93. The molecule has 0 bridgehead atoms. The minimum Gasteiger partial charge on any atom is -0.340 e. The molecule has 31 heavy (non-hydrogen) atoms. The number of carbonyl (C=O) groups excluding carboxylic acids is 2. The summed E-state index contributed by atoms with van der Waals surface area (Å²) in [5.74, 6) is -0.572. The lowest BCUT2D eigenvalue weighted by Crippen LogP contribution is -2.50. The van der Waals surface area contributed by atoms with E-state index in [0.29, 0.717) is 32.6 Å². The number of amides is 2. The molecular weight excluding hydrogens is 431 g/mol. The largest absolute Gasteiger partial charge is 0.418 e. The molecule has 9 heteroatoms. The molecular formula is C22H23ClF3N3O2. The number of alkyl halides is 3. The van der Waals surface area contributed by atoms with E-state index < -0.39 is 23.3 Å². The van der Waals surface area contributed by atoms with Crippen molar-refractivity contribution in [3.05, 3.63) is 64.2 Å². The van der Waals surface area contributed by atoms with Crippen molar-refractivity contribution in [1.29, 1.82) is 0 Å². The molecule has 1 heterocycles. The van der Waals surface area contributed by atoms with Crippen LogP contribution in [0.15, 0.2) is 42.5 Å². The Kier molecular flexibility index (Phi) is 7.23. The van der Waals surface area contributed by atoms with E-state index in [1.807, 2.05) is 31.2 Å². The minimum absolute atomic E-state index is 0.0128. The zero-order valence-electron chi connectivity index (χ0n) is 17.0. The van der Waals surface area contributed by atoms with Gasteiger partial charge in [0.25, 0.3) is 0 Å². The monoisotopic (exact) mass is 453 g/mol. The fourth-order valence-corrected chi connectivity index (χ4v) is 3.64. The number of benzene rings is 2. The summed E-state index contributed by atoms with van der Waals surface area (Å²) in [7, 11) is 0. The van der Waals surface area contributed by atoms with Crippen molar-refractivity contribution >= 4 is 29.1 Å². The molecule has 2 aromatic carbocycles. The second kappa shape index (κ2) is 9.70. The summed E-state index contributed by atoms with van der Waals surface area (Å²) in [6, 6.07) is 11.1. The number of hydrogen-bond acceptors (Lipinski definition) is 3. The van der Waals surface area contributed by atoms with Crippen molar-refractivity contribution in [2.75, 3.05) is 38.0 Å². The van der Waals surface area contributed by atoms with Crippen LogP contribution >= 0.6 is 11.6 Å². The van der Waals surface area contributed by atoms with Crippen LogP contribution in [0.25, 0.3) is 0 Å². The van der Waals surface area contributed by atoms with Crippen LogP contribution in [0.1, 0.15) is 16.7 Å². The van der Waals surface area contributed by atoms with Crippen LogP contribution in [0.5, 0.6) is 0 Å². The molecule has 2 aromatic rings. The molecule has 0 atom stereocenters. The number of aryl methyl sites for hydroxylation is 1. The highest BCUT2D eigenvalue weighted by molar-refractivity contribution is 6.34. The predicted molar refractivity (Wildman–Crippen MR) is 113 cm³/mol. The zero-order chi connectivity index (χ0) is 22.6. The first-order valence-electron chi connectivity index (χ1n) is 9.84. The second-order valence-electron chi connectivity index (χ2n) is 7.53. The Labute approximate surface area is 183 Å². The third-order valence-electron chi connectivity index (χ3n) is 5.15. The van der Waals surface area contributed by atoms with Crippen LogP contribution in [0.4, 0.5) is 18.9 Å². The highest BCUT2D eigenvalue weighted by Gasteiger charge is 2.35. The molecule has 0 spiro atoms. The molecule has 1 saturated heterocycles. The first kappa shape index (κ1) is 23.1. The van der Waals surface area contributed by atoms with Gasteiger partial charge in [0, 0.05) is 26.2 Å². The predicted octanol–water partition coefficient (Wildman–Crippen LogP) is 3.99. The van der Waals surface area contributed by atoms with Gasteiger partial charge in [-0.2, -0.15) is 13.2 Å². The van der Waals surface area contributed by atoms with Gasteiger partial charge in [0.15, 0.2) is 0 Å². The van der Waals surface area contributed by atoms with Crippen LogP contribution in [0.2, 0.25) is 5.02 Å². The number of piperazine rings is 1. The van der Waals surface area contributed by atoms with Gasteiger partial charge in [0.2, 0.25) is 11.8 Å². The van der Waals surface area contributed by atoms with Crippen molar-refractivity contribution in [3.8, 4) is 0 Å². The van der Waals surface area contributed by atoms with Crippen molar-refractivity contribution in [1.82, 2.24) is 9.80 Å².